The molecule has 0 unspecified atom stereocenters. The third-order valence-electron chi connectivity index (χ3n) is 2.65. The maximum Gasteiger partial charge on any atom is 0.150 e. The second-order valence-corrected chi connectivity index (χ2v) is 5.09. The molecule has 2 heteroatoms. The zero-order valence-electron chi connectivity index (χ0n) is 9.94. The quantitative estimate of drug-likeness (QED) is 0.748. The van der Waals surface area contributed by atoms with Gasteiger partial charge in [0.1, 0.15) is 6.29 Å². The van der Waals surface area contributed by atoms with E-state index in [4.69, 9.17) is 0 Å². The van der Waals surface area contributed by atoms with E-state index < -0.39 is 0 Å². The van der Waals surface area contributed by atoms with Gasteiger partial charge in [-0.2, -0.15) is 0 Å². The number of rotatable bonds is 3. The van der Waals surface area contributed by atoms with Gasteiger partial charge in [-0.15, -0.1) is 0 Å². The molecule has 0 N–H and O–H groups in total. The Morgan fingerprint density at radius 3 is 2.29 bits per heavy atom. The van der Waals surface area contributed by atoms with Gasteiger partial charge in [-0.3, -0.25) is 4.79 Å². The van der Waals surface area contributed by atoms with Crippen LogP contribution in [0.3, 0.4) is 0 Å². The molecule has 17 heavy (non-hydrogen) atoms. The van der Waals surface area contributed by atoms with E-state index in [0.717, 1.165) is 17.4 Å². The summed E-state index contributed by atoms with van der Waals surface area (Å²) in [6.45, 7) is 4.14. The predicted molar refractivity (Wildman–Crippen MR) is 71.9 cm³/mol. The summed E-state index contributed by atoms with van der Waals surface area (Å²) in [6.07, 6.45) is 0.884. The van der Waals surface area contributed by atoms with Crippen molar-refractivity contribution >= 4 is 18.0 Å². The lowest BCUT2D eigenvalue weighted by Crippen LogP contribution is -1.86. The van der Waals surface area contributed by atoms with Crippen LogP contribution in [0.1, 0.15) is 21.5 Å². The van der Waals surface area contributed by atoms with Crippen LogP contribution >= 0.6 is 11.8 Å². The van der Waals surface area contributed by atoms with Gasteiger partial charge in [-0.25, -0.2) is 0 Å². The summed E-state index contributed by atoms with van der Waals surface area (Å²) in [5.74, 6) is 0. The molecule has 0 heterocycles. The molecular formula is C15H14OS. The standard InChI is InChI=1S/C15H14OS/c1-11-5-3-4-6-14(11)17-15-8-7-13(10-16)9-12(15)2/h3-10H,1-2H3. The van der Waals surface area contributed by atoms with Gasteiger partial charge in [0.25, 0.3) is 0 Å². The van der Waals surface area contributed by atoms with Gasteiger partial charge in [0.2, 0.25) is 0 Å². The number of carbonyl (C=O) groups excluding carboxylic acids is 1. The molecule has 0 aliphatic carbocycles. The first-order chi connectivity index (χ1) is 8.20. The second-order valence-electron chi connectivity index (χ2n) is 4.01. The summed E-state index contributed by atoms with van der Waals surface area (Å²) in [5.41, 5.74) is 3.15. The van der Waals surface area contributed by atoms with Crippen LogP contribution in [0, 0.1) is 13.8 Å². The molecule has 0 aromatic heterocycles. The monoisotopic (exact) mass is 242 g/mol. The zero-order chi connectivity index (χ0) is 12.3. The van der Waals surface area contributed by atoms with Crippen LogP contribution in [0.4, 0.5) is 0 Å². The van der Waals surface area contributed by atoms with Gasteiger partial charge in [-0.05, 0) is 43.2 Å². The molecule has 0 atom stereocenters. The van der Waals surface area contributed by atoms with E-state index in [-0.39, 0.29) is 0 Å². The third-order valence-corrected chi connectivity index (χ3v) is 4.00. The number of hydrogen-bond acceptors (Lipinski definition) is 2. The Morgan fingerprint density at radius 1 is 0.941 bits per heavy atom. The Labute approximate surface area is 106 Å². The lowest BCUT2D eigenvalue weighted by molar-refractivity contribution is 0.112. The van der Waals surface area contributed by atoms with Crippen molar-refractivity contribution < 1.29 is 4.79 Å². The van der Waals surface area contributed by atoms with Gasteiger partial charge in [-0.1, -0.05) is 36.0 Å². The molecule has 1 nitrogen and oxygen atoms in total. The lowest BCUT2D eigenvalue weighted by Gasteiger charge is -2.08. The van der Waals surface area contributed by atoms with Gasteiger partial charge < -0.3 is 0 Å². The summed E-state index contributed by atoms with van der Waals surface area (Å²) in [7, 11) is 0. The van der Waals surface area contributed by atoms with Crippen molar-refractivity contribution in [2.75, 3.05) is 0 Å². The summed E-state index contributed by atoms with van der Waals surface area (Å²) in [6, 6.07) is 14.1. The number of hydrogen-bond donors (Lipinski definition) is 0. The molecule has 0 bridgehead atoms. The predicted octanol–water partition coefficient (Wildman–Crippen LogP) is 4.27. The minimum Gasteiger partial charge on any atom is -0.298 e. The zero-order valence-corrected chi connectivity index (χ0v) is 10.8. The Kier molecular flexibility index (Phi) is 3.64. The van der Waals surface area contributed by atoms with Crippen LogP contribution in [-0.2, 0) is 0 Å². The number of carbonyl (C=O) groups is 1. The number of benzene rings is 2. The molecule has 2 aromatic rings. The van der Waals surface area contributed by atoms with E-state index in [0.29, 0.717) is 0 Å². The van der Waals surface area contributed by atoms with Crippen LogP contribution in [0.2, 0.25) is 0 Å². The van der Waals surface area contributed by atoms with Crippen molar-refractivity contribution in [1.82, 2.24) is 0 Å². The van der Waals surface area contributed by atoms with Crippen molar-refractivity contribution in [3.05, 3.63) is 59.2 Å². The third kappa shape index (κ3) is 2.77. The molecular weight excluding hydrogens is 228 g/mol. The normalized spacial score (nSPS) is 10.2. The van der Waals surface area contributed by atoms with Gasteiger partial charge >= 0.3 is 0 Å². The van der Waals surface area contributed by atoms with Crippen molar-refractivity contribution in [2.24, 2.45) is 0 Å². The molecule has 0 fully saturated rings. The molecule has 2 aromatic carbocycles. The van der Waals surface area contributed by atoms with Gasteiger partial charge in [0, 0.05) is 15.4 Å². The van der Waals surface area contributed by atoms with Crippen LogP contribution in [-0.4, -0.2) is 6.29 Å². The highest BCUT2D eigenvalue weighted by Crippen LogP contribution is 2.32. The summed E-state index contributed by atoms with van der Waals surface area (Å²) in [4.78, 5) is 13.1. The Hall–Kier alpha value is -1.54. The SMILES string of the molecule is Cc1ccccc1Sc1ccc(C=O)cc1C. The molecule has 0 radical (unpaired) electrons. The lowest BCUT2D eigenvalue weighted by atomic mass is 10.2. The fraction of sp³-hybridized carbons (Fsp3) is 0.133. The van der Waals surface area contributed by atoms with Crippen LogP contribution < -0.4 is 0 Å². The maximum atomic E-state index is 10.7. The Bertz CT molecular complexity index is 546. The van der Waals surface area contributed by atoms with Gasteiger partial charge in [0.15, 0.2) is 0 Å². The molecule has 86 valence electrons. The topological polar surface area (TPSA) is 17.1 Å². The minimum absolute atomic E-state index is 0.733. The average Bonchev–Trinajstić information content (AvgIpc) is 2.34. The fourth-order valence-corrected chi connectivity index (χ4v) is 2.62. The van der Waals surface area contributed by atoms with E-state index >= 15 is 0 Å². The Balaban J connectivity index is 2.31. The molecule has 0 spiro atoms. The summed E-state index contributed by atoms with van der Waals surface area (Å²) < 4.78 is 0. The second kappa shape index (κ2) is 5.19. The van der Waals surface area contributed by atoms with E-state index in [1.54, 1.807) is 11.8 Å². The van der Waals surface area contributed by atoms with Gasteiger partial charge in [0.05, 0.1) is 0 Å². The molecule has 0 aliphatic heterocycles. The van der Waals surface area contributed by atoms with E-state index in [2.05, 4.69) is 19.1 Å². The maximum absolute atomic E-state index is 10.7. The molecule has 0 aliphatic rings. The van der Waals surface area contributed by atoms with Crippen molar-refractivity contribution in [3.8, 4) is 0 Å². The van der Waals surface area contributed by atoms with Crippen molar-refractivity contribution in [2.45, 2.75) is 23.6 Å². The Morgan fingerprint density at radius 2 is 1.65 bits per heavy atom. The first-order valence-electron chi connectivity index (χ1n) is 5.50. The van der Waals surface area contributed by atoms with E-state index in [1.165, 1.54) is 15.4 Å². The largest absolute Gasteiger partial charge is 0.298 e. The molecule has 0 saturated heterocycles. The smallest absolute Gasteiger partial charge is 0.150 e. The molecule has 0 saturated carbocycles. The molecule has 0 amide bonds. The summed E-state index contributed by atoms with van der Waals surface area (Å²) >= 11 is 1.74. The fourth-order valence-electron chi connectivity index (χ4n) is 1.65. The highest BCUT2D eigenvalue weighted by molar-refractivity contribution is 7.99. The first-order valence-corrected chi connectivity index (χ1v) is 6.31. The van der Waals surface area contributed by atoms with Crippen molar-refractivity contribution in [3.63, 3.8) is 0 Å². The van der Waals surface area contributed by atoms with E-state index in [1.807, 2.05) is 37.3 Å². The number of aryl methyl sites for hydroxylation is 2. The summed E-state index contributed by atoms with van der Waals surface area (Å²) in [5, 5.41) is 0. The van der Waals surface area contributed by atoms with Crippen LogP contribution in [0.15, 0.2) is 52.3 Å². The minimum atomic E-state index is 0.733. The highest BCUT2D eigenvalue weighted by atomic mass is 32.2. The van der Waals surface area contributed by atoms with Crippen LogP contribution in [0.25, 0.3) is 0 Å². The number of aldehydes is 1. The van der Waals surface area contributed by atoms with E-state index in [9.17, 15) is 4.79 Å². The van der Waals surface area contributed by atoms with Crippen LogP contribution in [0.5, 0.6) is 0 Å². The van der Waals surface area contributed by atoms with Crippen molar-refractivity contribution in [1.29, 1.82) is 0 Å². The average molecular weight is 242 g/mol. The highest BCUT2D eigenvalue weighted by Gasteiger charge is 2.04. The molecule has 2 rings (SSSR count). The first kappa shape index (κ1) is 11.9.